The molecule has 6 nitrogen and oxygen atoms in total. The molecule has 1 unspecified atom stereocenters. The second-order valence-electron chi connectivity index (χ2n) is 4.44. The molecule has 1 saturated heterocycles. The summed E-state index contributed by atoms with van der Waals surface area (Å²) < 4.78 is 5.49. The summed E-state index contributed by atoms with van der Waals surface area (Å²) in [5.74, 6) is 1.11. The number of anilines is 2. The van der Waals surface area contributed by atoms with Crippen molar-refractivity contribution in [2.24, 2.45) is 0 Å². The normalized spacial score (nSPS) is 19.2. The lowest BCUT2D eigenvalue weighted by Crippen LogP contribution is -2.33. The highest BCUT2D eigenvalue weighted by molar-refractivity contribution is 5.68. The number of nitrogens with zero attached hydrogens (tertiary/aromatic N) is 3. The van der Waals surface area contributed by atoms with Crippen LogP contribution in [0, 0.1) is 0 Å². The minimum Gasteiger partial charge on any atom is -0.476 e. The molecular formula is C12H20N4O2. The van der Waals surface area contributed by atoms with Gasteiger partial charge in [-0.05, 0) is 19.3 Å². The molecule has 100 valence electrons. The summed E-state index contributed by atoms with van der Waals surface area (Å²) in [6.07, 6.45) is 4.37. The quantitative estimate of drug-likeness (QED) is 0.806. The van der Waals surface area contributed by atoms with E-state index in [0.29, 0.717) is 24.0 Å². The lowest BCUT2D eigenvalue weighted by molar-refractivity contribution is 0.266. The molecule has 0 radical (unpaired) electrons. The maximum Gasteiger partial charge on any atom is 0.242 e. The van der Waals surface area contributed by atoms with Gasteiger partial charge in [0.25, 0.3) is 0 Å². The van der Waals surface area contributed by atoms with Gasteiger partial charge in [0.2, 0.25) is 5.88 Å². The zero-order valence-corrected chi connectivity index (χ0v) is 10.7. The van der Waals surface area contributed by atoms with Crippen LogP contribution in [0.4, 0.5) is 11.5 Å². The molecule has 6 heteroatoms. The first-order chi connectivity index (χ1) is 8.77. The summed E-state index contributed by atoms with van der Waals surface area (Å²) >= 11 is 0. The van der Waals surface area contributed by atoms with Crippen LogP contribution in [0.25, 0.3) is 0 Å². The van der Waals surface area contributed by atoms with Crippen LogP contribution < -0.4 is 15.4 Å². The summed E-state index contributed by atoms with van der Waals surface area (Å²) in [5, 5.41) is 9.34. The highest BCUT2D eigenvalue weighted by atomic mass is 16.5. The van der Waals surface area contributed by atoms with Crippen molar-refractivity contribution in [2.75, 3.05) is 30.4 Å². The third-order valence-corrected chi connectivity index (χ3v) is 3.13. The van der Waals surface area contributed by atoms with Gasteiger partial charge in [-0.2, -0.15) is 4.98 Å². The molecule has 18 heavy (non-hydrogen) atoms. The fraction of sp³-hybridized carbons (Fsp3) is 0.667. The van der Waals surface area contributed by atoms with E-state index < -0.39 is 0 Å². The predicted molar refractivity (Wildman–Crippen MR) is 69.7 cm³/mol. The molecule has 1 fully saturated rings. The Labute approximate surface area is 107 Å². The zero-order valence-electron chi connectivity index (χ0n) is 10.7. The summed E-state index contributed by atoms with van der Waals surface area (Å²) in [6.45, 7) is 3.60. The van der Waals surface area contributed by atoms with E-state index in [1.807, 2.05) is 11.8 Å². The second-order valence-corrected chi connectivity index (χ2v) is 4.44. The molecule has 2 heterocycles. The maximum absolute atomic E-state index is 9.34. The number of hydrogen-bond donors (Lipinski definition) is 2. The first kappa shape index (κ1) is 12.9. The standard InChI is InChI=1S/C12H20N4O2/c1-2-6-18-12-10(13)11(14-8-15-12)16-5-3-4-9(16)7-17/h8-9,17H,2-7,13H2,1H3. The van der Waals surface area contributed by atoms with Crippen molar-refractivity contribution in [3.8, 4) is 5.88 Å². The number of aliphatic hydroxyl groups excluding tert-OH is 1. The Hall–Kier alpha value is -1.56. The molecule has 0 aromatic carbocycles. The molecule has 0 amide bonds. The van der Waals surface area contributed by atoms with E-state index in [9.17, 15) is 5.11 Å². The smallest absolute Gasteiger partial charge is 0.242 e. The van der Waals surface area contributed by atoms with E-state index in [2.05, 4.69) is 9.97 Å². The molecule has 2 rings (SSSR count). The topological polar surface area (TPSA) is 84.5 Å². The molecule has 0 spiro atoms. The van der Waals surface area contributed by atoms with E-state index in [1.165, 1.54) is 6.33 Å². The minimum atomic E-state index is 0.0984. The molecule has 0 aliphatic carbocycles. The molecule has 1 aliphatic rings. The number of aromatic nitrogens is 2. The Bertz CT molecular complexity index is 400. The first-order valence-electron chi connectivity index (χ1n) is 6.38. The maximum atomic E-state index is 9.34. The van der Waals surface area contributed by atoms with Gasteiger partial charge in [-0.1, -0.05) is 6.92 Å². The highest BCUT2D eigenvalue weighted by Crippen LogP contribution is 2.32. The highest BCUT2D eigenvalue weighted by Gasteiger charge is 2.27. The number of nitrogen functional groups attached to an aromatic ring is 1. The van der Waals surface area contributed by atoms with Crippen LogP contribution in [-0.2, 0) is 0 Å². The Kier molecular flexibility index (Phi) is 4.19. The SMILES string of the molecule is CCCOc1ncnc(N2CCCC2CO)c1N. The van der Waals surface area contributed by atoms with Gasteiger partial charge in [-0.3, -0.25) is 0 Å². The molecule has 1 aromatic heterocycles. The van der Waals surface area contributed by atoms with Crippen LogP contribution in [0.5, 0.6) is 5.88 Å². The van der Waals surface area contributed by atoms with Crippen LogP contribution in [-0.4, -0.2) is 40.9 Å². The van der Waals surface area contributed by atoms with Gasteiger partial charge in [0.05, 0.1) is 19.3 Å². The Balaban J connectivity index is 2.22. The van der Waals surface area contributed by atoms with Crippen LogP contribution in [0.2, 0.25) is 0 Å². The Morgan fingerprint density at radius 3 is 3.11 bits per heavy atom. The van der Waals surface area contributed by atoms with Crippen LogP contribution in [0.3, 0.4) is 0 Å². The van der Waals surface area contributed by atoms with Crippen molar-refractivity contribution in [2.45, 2.75) is 32.2 Å². The molecular weight excluding hydrogens is 232 g/mol. The predicted octanol–water partition coefficient (Wildman–Crippen LogP) is 0.809. The van der Waals surface area contributed by atoms with Crippen LogP contribution in [0.15, 0.2) is 6.33 Å². The molecule has 0 bridgehead atoms. The van der Waals surface area contributed by atoms with E-state index in [0.717, 1.165) is 25.8 Å². The average Bonchev–Trinajstić information content (AvgIpc) is 2.85. The largest absolute Gasteiger partial charge is 0.476 e. The van der Waals surface area contributed by atoms with Gasteiger partial charge in [-0.15, -0.1) is 0 Å². The monoisotopic (exact) mass is 252 g/mol. The van der Waals surface area contributed by atoms with Crippen molar-refractivity contribution in [3.63, 3.8) is 0 Å². The molecule has 0 saturated carbocycles. The number of nitrogens with two attached hydrogens (primary N) is 1. The molecule has 3 N–H and O–H groups in total. The minimum absolute atomic E-state index is 0.0984. The Morgan fingerprint density at radius 2 is 2.39 bits per heavy atom. The van der Waals surface area contributed by atoms with Gasteiger partial charge < -0.3 is 20.5 Å². The summed E-state index contributed by atoms with van der Waals surface area (Å²) in [4.78, 5) is 10.3. The first-order valence-corrected chi connectivity index (χ1v) is 6.38. The molecule has 1 atom stereocenters. The number of aliphatic hydroxyl groups is 1. The van der Waals surface area contributed by atoms with Crippen molar-refractivity contribution in [1.82, 2.24) is 9.97 Å². The van der Waals surface area contributed by atoms with E-state index in [-0.39, 0.29) is 12.6 Å². The zero-order chi connectivity index (χ0) is 13.0. The summed E-state index contributed by atoms with van der Waals surface area (Å²) in [7, 11) is 0. The fourth-order valence-corrected chi connectivity index (χ4v) is 2.22. The van der Waals surface area contributed by atoms with E-state index in [4.69, 9.17) is 10.5 Å². The lowest BCUT2D eigenvalue weighted by atomic mass is 10.2. The van der Waals surface area contributed by atoms with Gasteiger partial charge >= 0.3 is 0 Å². The molecule has 1 aromatic rings. The third kappa shape index (κ3) is 2.48. The van der Waals surface area contributed by atoms with Crippen molar-refractivity contribution in [1.29, 1.82) is 0 Å². The second kappa shape index (κ2) is 5.86. The average molecular weight is 252 g/mol. The van der Waals surface area contributed by atoms with Crippen LogP contribution in [0.1, 0.15) is 26.2 Å². The van der Waals surface area contributed by atoms with Gasteiger partial charge in [-0.25, -0.2) is 4.98 Å². The van der Waals surface area contributed by atoms with Crippen molar-refractivity contribution in [3.05, 3.63) is 6.33 Å². The summed E-state index contributed by atoms with van der Waals surface area (Å²) in [5.41, 5.74) is 6.51. The van der Waals surface area contributed by atoms with Crippen molar-refractivity contribution >= 4 is 11.5 Å². The number of rotatable bonds is 5. The lowest BCUT2D eigenvalue weighted by Gasteiger charge is -2.25. The molecule has 1 aliphatic heterocycles. The van der Waals surface area contributed by atoms with Gasteiger partial charge in [0.15, 0.2) is 5.82 Å². The Morgan fingerprint density at radius 1 is 1.56 bits per heavy atom. The van der Waals surface area contributed by atoms with Gasteiger partial charge in [0, 0.05) is 6.54 Å². The summed E-state index contributed by atoms with van der Waals surface area (Å²) in [6, 6.07) is 0.0984. The fourth-order valence-electron chi connectivity index (χ4n) is 2.22. The van der Waals surface area contributed by atoms with E-state index in [1.54, 1.807) is 0 Å². The number of hydrogen-bond acceptors (Lipinski definition) is 6. The van der Waals surface area contributed by atoms with E-state index >= 15 is 0 Å². The van der Waals surface area contributed by atoms with Gasteiger partial charge in [0.1, 0.15) is 12.0 Å². The number of ether oxygens (including phenoxy) is 1. The third-order valence-electron chi connectivity index (χ3n) is 3.13. The van der Waals surface area contributed by atoms with Crippen LogP contribution >= 0.6 is 0 Å². The van der Waals surface area contributed by atoms with Crippen molar-refractivity contribution < 1.29 is 9.84 Å².